The van der Waals surface area contributed by atoms with Gasteiger partial charge in [-0.1, -0.05) is 6.07 Å². The van der Waals surface area contributed by atoms with Crippen molar-refractivity contribution in [2.45, 2.75) is 18.6 Å². The average molecular weight is 350 g/mol. The Morgan fingerprint density at radius 2 is 2.32 bits per heavy atom. The Hall–Kier alpha value is -2.03. The third-order valence-electron chi connectivity index (χ3n) is 4.06. The number of aromatic nitrogens is 1. The summed E-state index contributed by atoms with van der Waals surface area (Å²) < 4.78 is 5.39. The molecule has 1 atom stereocenters. The highest BCUT2D eigenvalue weighted by Gasteiger charge is 2.36. The molecular weight excluding hydrogens is 324 g/mol. The molecule has 2 heterocycles. The van der Waals surface area contributed by atoms with E-state index >= 15 is 0 Å². The first-order chi connectivity index (χ1) is 11.9. The lowest BCUT2D eigenvalue weighted by atomic mass is 9.99. The van der Waals surface area contributed by atoms with Crippen molar-refractivity contribution in [1.29, 1.82) is 0 Å². The maximum absolute atomic E-state index is 12.6. The van der Waals surface area contributed by atoms with Crippen molar-refractivity contribution in [3.8, 4) is 0 Å². The second-order valence-corrected chi connectivity index (χ2v) is 6.48. The molecule has 1 aliphatic rings. The molecule has 1 aromatic rings. The second kappa shape index (κ2) is 8.89. The number of pyridine rings is 1. The Morgan fingerprint density at radius 1 is 1.52 bits per heavy atom. The monoisotopic (exact) mass is 350 g/mol. The minimum Gasteiger partial charge on any atom is -0.385 e. The smallest absolute Gasteiger partial charge is 0.236 e. The van der Waals surface area contributed by atoms with Gasteiger partial charge in [0.15, 0.2) is 0 Å². The lowest BCUT2D eigenvalue weighted by Gasteiger charge is -2.31. The van der Waals surface area contributed by atoms with Crippen LogP contribution >= 0.6 is 0 Å². The van der Waals surface area contributed by atoms with E-state index in [0.717, 1.165) is 5.56 Å². The molecular formula is C17H26N4O4. The van der Waals surface area contributed by atoms with E-state index in [0.29, 0.717) is 19.7 Å². The van der Waals surface area contributed by atoms with Crippen molar-refractivity contribution in [1.82, 2.24) is 20.1 Å². The standard InChI is InChI=1S/C17H26N4O4/c1-18-15(22)8-17(24)12-21(6-7-25-13-17)16(23)11-20(2)10-14-4-3-5-19-9-14/h3-5,9,24H,6-8,10-13H2,1-2H3,(H,18,22). The SMILES string of the molecule is CNC(=O)CC1(O)COCCN(C(=O)CN(C)Cc2cccnc2)C1. The van der Waals surface area contributed by atoms with E-state index in [9.17, 15) is 14.7 Å². The quantitative estimate of drug-likeness (QED) is 0.700. The maximum Gasteiger partial charge on any atom is 0.236 e. The molecule has 1 saturated heterocycles. The van der Waals surface area contributed by atoms with Crippen molar-refractivity contribution < 1.29 is 19.4 Å². The minimum atomic E-state index is -1.37. The summed E-state index contributed by atoms with van der Waals surface area (Å²) in [7, 11) is 3.37. The molecule has 1 aliphatic heterocycles. The zero-order valence-corrected chi connectivity index (χ0v) is 14.8. The van der Waals surface area contributed by atoms with Crippen LogP contribution in [0, 0.1) is 0 Å². The van der Waals surface area contributed by atoms with Crippen LogP contribution in [0.15, 0.2) is 24.5 Å². The normalized spacial score (nSPS) is 21.0. The molecule has 0 spiro atoms. The van der Waals surface area contributed by atoms with Crippen LogP contribution in [0.5, 0.6) is 0 Å². The molecule has 0 bridgehead atoms. The number of amides is 2. The number of ether oxygens (including phenoxy) is 1. The largest absolute Gasteiger partial charge is 0.385 e. The van der Waals surface area contributed by atoms with Crippen molar-refractivity contribution >= 4 is 11.8 Å². The third-order valence-corrected chi connectivity index (χ3v) is 4.06. The number of aliphatic hydroxyl groups is 1. The van der Waals surface area contributed by atoms with E-state index in [1.54, 1.807) is 17.3 Å². The highest BCUT2D eigenvalue weighted by molar-refractivity contribution is 5.79. The Bertz CT molecular complexity index is 583. The van der Waals surface area contributed by atoms with Gasteiger partial charge in [0.1, 0.15) is 5.60 Å². The summed E-state index contributed by atoms with van der Waals surface area (Å²) in [6.07, 6.45) is 3.38. The molecule has 1 fully saturated rings. The van der Waals surface area contributed by atoms with Crippen molar-refractivity contribution in [3.05, 3.63) is 30.1 Å². The summed E-state index contributed by atoms with van der Waals surface area (Å²) in [6, 6.07) is 3.81. The highest BCUT2D eigenvalue weighted by Crippen LogP contribution is 2.17. The van der Waals surface area contributed by atoms with Gasteiger partial charge >= 0.3 is 0 Å². The predicted octanol–water partition coefficient (Wildman–Crippen LogP) is -0.761. The first-order valence-electron chi connectivity index (χ1n) is 8.28. The van der Waals surface area contributed by atoms with Gasteiger partial charge in [-0.3, -0.25) is 19.5 Å². The number of rotatable bonds is 6. The Kier molecular flexibility index (Phi) is 6.86. The zero-order valence-electron chi connectivity index (χ0n) is 14.8. The number of hydrogen-bond acceptors (Lipinski definition) is 6. The number of carbonyl (C=O) groups excluding carboxylic acids is 2. The van der Waals surface area contributed by atoms with Gasteiger partial charge in [-0.15, -0.1) is 0 Å². The molecule has 8 heteroatoms. The van der Waals surface area contributed by atoms with Crippen molar-refractivity contribution in [2.75, 3.05) is 46.9 Å². The van der Waals surface area contributed by atoms with Gasteiger partial charge in [0.05, 0.1) is 32.7 Å². The number of carbonyl (C=O) groups is 2. The van der Waals surface area contributed by atoms with E-state index in [1.165, 1.54) is 7.05 Å². The minimum absolute atomic E-state index is 0.0374. The molecule has 0 radical (unpaired) electrons. The van der Waals surface area contributed by atoms with Crippen LogP contribution in [0.2, 0.25) is 0 Å². The molecule has 138 valence electrons. The van der Waals surface area contributed by atoms with E-state index in [2.05, 4.69) is 10.3 Å². The molecule has 2 N–H and O–H groups in total. The van der Waals surface area contributed by atoms with Gasteiger partial charge in [0, 0.05) is 32.5 Å². The van der Waals surface area contributed by atoms with Crippen molar-refractivity contribution in [2.24, 2.45) is 0 Å². The van der Waals surface area contributed by atoms with Gasteiger partial charge < -0.3 is 20.1 Å². The van der Waals surface area contributed by atoms with E-state index in [-0.39, 0.29) is 37.9 Å². The van der Waals surface area contributed by atoms with Gasteiger partial charge in [-0.25, -0.2) is 0 Å². The molecule has 0 aromatic carbocycles. The summed E-state index contributed by atoms with van der Waals surface area (Å²) in [4.78, 5) is 31.7. The first kappa shape index (κ1) is 19.3. The molecule has 2 amide bonds. The van der Waals surface area contributed by atoms with Gasteiger partial charge in [0.25, 0.3) is 0 Å². The summed E-state index contributed by atoms with van der Waals surface area (Å²) in [5.74, 6) is -0.388. The fourth-order valence-corrected chi connectivity index (χ4v) is 2.81. The van der Waals surface area contributed by atoms with E-state index in [4.69, 9.17) is 4.74 Å². The molecule has 8 nitrogen and oxygen atoms in total. The van der Waals surface area contributed by atoms with Gasteiger partial charge in [-0.05, 0) is 18.7 Å². The Morgan fingerprint density at radius 3 is 3.00 bits per heavy atom. The second-order valence-electron chi connectivity index (χ2n) is 6.48. The number of β-amino-alcohol motifs (C(OH)–C–C–N with tert-alkyl or cyclic N) is 1. The Balaban J connectivity index is 1.93. The molecule has 0 aliphatic carbocycles. The predicted molar refractivity (Wildman–Crippen MR) is 91.6 cm³/mol. The van der Waals surface area contributed by atoms with Crippen LogP contribution in [-0.4, -0.2) is 84.2 Å². The molecule has 25 heavy (non-hydrogen) atoms. The van der Waals surface area contributed by atoms with Gasteiger partial charge in [0.2, 0.25) is 11.8 Å². The number of nitrogens with zero attached hydrogens (tertiary/aromatic N) is 3. The summed E-state index contributed by atoms with van der Waals surface area (Å²) >= 11 is 0. The molecule has 0 saturated carbocycles. The van der Waals surface area contributed by atoms with Crippen LogP contribution in [0.4, 0.5) is 0 Å². The third kappa shape index (κ3) is 6.08. The maximum atomic E-state index is 12.6. The van der Waals surface area contributed by atoms with Crippen LogP contribution in [-0.2, 0) is 20.9 Å². The topological polar surface area (TPSA) is 95.0 Å². The van der Waals surface area contributed by atoms with Crippen LogP contribution in [0.3, 0.4) is 0 Å². The fourth-order valence-electron chi connectivity index (χ4n) is 2.81. The summed E-state index contributed by atoms with van der Waals surface area (Å²) in [5.41, 5.74) is -0.345. The number of hydrogen-bond donors (Lipinski definition) is 2. The summed E-state index contributed by atoms with van der Waals surface area (Å²) in [6.45, 7) is 1.68. The first-order valence-corrected chi connectivity index (χ1v) is 8.28. The van der Waals surface area contributed by atoms with Crippen molar-refractivity contribution in [3.63, 3.8) is 0 Å². The highest BCUT2D eigenvalue weighted by atomic mass is 16.5. The van der Waals surface area contributed by atoms with E-state index in [1.807, 2.05) is 24.1 Å². The number of likely N-dealkylation sites (N-methyl/N-ethyl adjacent to an activating group) is 1. The lowest BCUT2D eigenvalue weighted by Crippen LogP contribution is -2.50. The van der Waals surface area contributed by atoms with E-state index < -0.39 is 5.60 Å². The number of nitrogens with one attached hydrogen (secondary N) is 1. The van der Waals surface area contributed by atoms with Gasteiger partial charge in [-0.2, -0.15) is 0 Å². The molecule has 1 aromatic heterocycles. The molecule has 2 rings (SSSR count). The van der Waals surface area contributed by atoms with Crippen LogP contribution in [0.25, 0.3) is 0 Å². The van der Waals surface area contributed by atoms with Crippen LogP contribution < -0.4 is 5.32 Å². The zero-order chi connectivity index (χ0) is 18.3. The fraction of sp³-hybridized carbons (Fsp3) is 0.588. The lowest BCUT2D eigenvalue weighted by molar-refractivity contribution is -0.138. The van der Waals surface area contributed by atoms with Crippen LogP contribution in [0.1, 0.15) is 12.0 Å². The average Bonchev–Trinajstić information content (AvgIpc) is 2.77. The Labute approximate surface area is 147 Å². The molecule has 1 unspecified atom stereocenters. The summed E-state index contributed by atoms with van der Waals surface area (Å²) in [5, 5.41) is 13.1.